The van der Waals surface area contributed by atoms with Gasteiger partial charge in [0, 0.05) is 18.1 Å². The molecule has 1 heterocycles. The Bertz CT molecular complexity index is 933. The van der Waals surface area contributed by atoms with E-state index in [1.165, 1.54) is 0 Å². The molecule has 0 radical (unpaired) electrons. The number of anilines is 1. The third-order valence-corrected chi connectivity index (χ3v) is 5.53. The predicted molar refractivity (Wildman–Crippen MR) is 104 cm³/mol. The van der Waals surface area contributed by atoms with Crippen molar-refractivity contribution in [2.75, 3.05) is 4.72 Å². The second kappa shape index (κ2) is 8.19. The van der Waals surface area contributed by atoms with Gasteiger partial charge >= 0.3 is 0 Å². The summed E-state index contributed by atoms with van der Waals surface area (Å²) in [6.07, 6.45) is 6.79. The van der Waals surface area contributed by atoms with Crippen LogP contribution in [0.4, 0.5) is 5.69 Å². The van der Waals surface area contributed by atoms with E-state index in [0.29, 0.717) is 12.2 Å². The molecule has 0 aliphatic heterocycles. The number of aromatic nitrogens is 2. The molecule has 3 aromatic rings. The van der Waals surface area contributed by atoms with E-state index in [2.05, 4.69) is 16.7 Å². The number of nitrogens with zero attached hydrogens (tertiary/aromatic N) is 2. The quantitative estimate of drug-likeness (QED) is 0.651. The van der Waals surface area contributed by atoms with Gasteiger partial charge in [-0.3, -0.25) is 9.40 Å². The fourth-order valence-electron chi connectivity index (χ4n) is 2.74. The number of unbranched alkanes of at least 4 members (excludes halogenated alkanes) is 1. The van der Waals surface area contributed by atoms with Gasteiger partial charge in [0.15, 0.2) is 0 Å². The van der Waals surface area contributed by atoms with Crippen LogP contribution in [0.5, 0.6) is 0 Å². The van der Waals surface area contributed by atoms with Crippen LogP contribution in [0.3, 0.4) is 0 Å². The van der Waals surface area contributed by atoms with E-state index in [9.17, 15) is 8.42 Å². The Morgan fingerprint density at radius 1 is 1.04 bits per heavy atom. The lowest BCUT2D eigenvalue weighted by Crippen LogP contribution is -2.13. The molecule has 5 nitrogen and oxygen atoms in total. The van der Waals surface area contributed by atoms with E-state index in [4.69, 9.17) is 0 Å². The number of aryl methyl sites for hydroxylation is 1. The Kier molecular flexibility index (Phi) is 5.73. The van der Waals surface area contributed by atoms with E-state index in [-0.39, 0.29) is 4.90 Å². The molecule has 0 bridgehead atoms. The van der Waals surface area contributed by atoms with Crippen molar-refractivity contribution in [3.63, 3.8) is 0 Å². The van der Waals surface area contributed by atoms with Crippen LogP contribution < -0.4 is 4.72 Å². The number of hydrogen-bond acceptors (Lipinski definition) is 3. The van der Waals surface area contributed by atoms with E-state index < -0.39 is 10.0 Å². The largest absolute Gasteiger partial charge is 0.280 e. The molecule has 0 fully saturated rings. The highest BCUT2D eigenvalue weighted by Crippen LogP contribution is 2.19. The third kappa shape index (κ3) is 4.73. The lowest BCUT2D eigenvalue weighted by atomic mass is 10.1. The summed E-state index contributed by atoms with van der Waals surface area (Å²) < 4.78 is 29.7. The molecule has 0 spiro atoms. The van der Waals surface area contributed by atoms with E-state index >= 15 is 0 Å². The number of hydrogen-bond donors (Lipinski definition) is 1. The van der Waals surface area contributed by atoms with Gasteiger partial charge < -0.3 is 0 Å². The highest BCUT2D eigenvalue weighted by molar-refractivity contribution is 7.92. The highest BCUT2D eigenvalue weighted by Gasteiger charge is 2.14. The first-order valence-corrected chi connectivity index (χ1v) is 10.2. The van der Waals surface area contributed by atoms with Crippen LogP contribution in [0.15, 0.2) is 71.9 Å². The topological polar surface area (TPSA) is 64.0 Å². The molecule has 3 rings (SSSR count). The fraction of sp³-hybridized carbons (Fsp3) is 0.250. The average molecular weight is 369 g/mol. The summed E-state index contributed by atoms with van der Waals surface area (Å²) in [7, 11) is -3.60. The van der Waals surface area contributed by atoms with E-state index in [1.54, 1.807) is 29.1 Å². The molecule has 0 amide bonds. The molecular formula is C20H23N3O2S. The summed E-state index contributed by atoms with van der Waals surface area (Å²) in [5, 5.41) is 4.17. The minimum atomic E-state index is -3.60. The van der Waals surface area contributed by atoms with Crippen molar-refractivity contribution in [1.29, 1.82) is 0 Å². The molecule has 0 saturated heterocycles. The maximum absolute atomic E-state index is 12.6. The van der Waals surface area contributed by atoms with Crippen molar-refractivity contribution < 1.29 is 8.42 Å². The molecule has 1 N–H and O–H groups in total. The van der Waals surface area contributed by atoms with Gasteiger partial charge in [0.2, 0.25) is 0 Å². The molecule has 0 saturated carbocycles. The van der Waals surface area contributed by atoms with Crippen molar-refractivity contribution in [1.82, 2.24) is 9.78 Å². The average Bonchev–Trinajstić information content (AvgIpc) is 3.13. The van der Waals surface area contributed by atoms with Crippen molar-refractivity contribution in [2.45, 2.75) is 37.6 Å². The standard InChI is InChI=1S/C20H23N3O2S/c1-2-3-6-17-9-11-20(12-10-17)26(24,25)22-19-8-4-7-18(15-19)16-23-14-5-13-21-23/h4-5,7-15,22H,2-3,6,16H2,1H3. The molecule has 0 aliphatic rings. The summed E-state index contributed by atoms with van der Waals surface area (Å²) in [4.78, 5) is 0.273. The number of benzene rings is 2. The summed E-state index contributed by atoms with van der Waals surface area (Å²) in [5.74, 6) is 0. The van der Waals surface area contributed by atoms with Gasteiger partial charge in [-0.1, -0.05) is 37.6 Å². The van der Waals surface area contributed by atoms with Crippen molar-refractivity contribution in [3.05, 3.63) is 78.1 Å². The first-order chi connectivity index (χ1) is 12.6. The molecule has 2 aromatic carbocycles. The minimum Gasteiger partial charge on any atom is -0.280 e. The summed E-state index contributed by atoms with van der Waals surface area (Å²) in [5.41, 5.74) is 2.68. The summed E-state index contributed by atoms with van der Waals surface area (Å²) in [6.45, 7) is 2.73. The van der Waals surface area contributed by atoms with Gasteiger partial charge in [-0.05, 0) is 54.3 Å². The van der Waals surface area contributed by atoms with Gasteiger partial charge in [0.05, 0.1) is 11.4 Å². The molecule has 1 aromatic heterocycles. The molecule has 0 unspecified atom stereocenters. The molecule has 0 atom stereocenters. The van der Waals surface area contributed by atoms with Crippen molar-refractivity contribution in [3.8, 4) is 0 Å². The third-order valence-electron chi connectivity index (χ3n) is 4.14. The zero-order valence-electron chi connectivity index (χ0n) is 14.8. The molecule has 26 heavy (non-hydrogen) atoms. The van der Waals surface area contributed by atoms with Crippen LogP contribution in [-0.2, 0) is 23.0 Å². The summed E-state index contributed by atoms with van der Waals surface area (Å²) >= 11 is 0. The fourth-order valence-corrected chi connectivity index (χ4v) is 3.79. The zero-order valence-corrected chi connectivity index (χ0v) is 15.6. The van der Waals surface area contributed by atoms with Gasteiger partial charge in [0.1, 0.15) is 0 Å². The smallest absolute Gasteiger partial charge is 0.261 e. The molecule has 0 aliphatic carbocycles. The Balaban J connectivity index is 1.72. The SMILES string of the molecule is CCCCc1ccc(S(=O)(=O)Nc2cccc(Cn3cccn3)c2)cc1. The van der Waals surface area contributed by atoms with Crippen molar-refractivity contribution >= 4 is 15.7 Å². The van der Waals surface area contributed by atoms with Crippen LogP contribution in [-0.4, -0.2) is 18.2 Å². The first-order valence-electron chi connectivity index (χ1n) is 8.75. The lowest BCUT2D eigenvalue weighted by Gasteiger charge is -2.10. The monoisotopic (exact) mass is 369 g/mol. The van der Waals surface area contributed by atoms with Crippen LogP contribution in [0, 0.1) is 0 Å². The van der Waals surface area contributed by atoms with Gasteiger partial charge in [-0.15, -0.1) is 0 Å². The highest BCUT2D eigenvalue weighted by atomic mass is 32.2. The van der Waals surface area contributed by atoms with Gasteiger partial charge in [-0.2, -0.15) is 5.10 Å². The van der Waals surface area contributed by atoms with Crippen LogP contribution in [0.1, 0.15) is 30.9 Å². The predicted octanol–water partition coefficient (Wildman–Crippen LogP) is 4.07. The van der Waals surface area contributed by atoms with Crippen LogP contribution in [0.25, 0.3) is 0 Å². The Hall–Kier alpha value is -2.60. The second-order valence-corrected chi connectivity index (χ2v) is 7.94. The zero-order chi connectivity index (χ0) is 18.4. The Morgan fingerprint density at radius 3 is 2.54 bits per heavy atom. The maximum atomic E-state index is 12.6. The second-order valence-electron chi connectivity index (χ2n) is 6.26. The van der Waals surface area contributed by atoms with Crippen molar-refractivity contribution in [2.24, 2.45) is 0 Å². The molecule has 136 valence electrons. The van der Waals surface area contributed by atoms with E-state index in [1.807, 2.05) is 42.6 Å². The van der Waals surface area contributed by atoms with Crippen LogP contribution in [0.2, 0.25) is 0 Å². The molecular weight excluding hydrogens is 346 g/mol. The van der Waals surface area contributed by atoms with Gasteiger partial charge in [-0.25, -0.2) is 8.42 Å². The minimum absolute atomic E-state index is 0.273. The number of rotatable bonds is 8. The van der Waals surface area contributed by atoms with Gasteiger partial charge in [0.25, 0.3) is 10.0 Å². The normalized spacial score (nSPS) is 11.4. The van der Waals surface area contributed by atoms with E-state index in [0.717, 1.165) is 30.4 Å². The summed E-state index contributed by atoms with van der Waals surface area (Å²) in [6, 6.07) is 16.3. The lowest BCUT2D eigenvalue weighted by molar-refractivity contribution is 0.601. The van der Waals surface area contributed by atoms with Crippen LogP contribution >= 0.6 is 0 Å². The number of nitrogens with one attached hydrogen (secondary N) is 1. The Morgan fingerprint density at radius 2 is 1.85 bits per heavy atom. The first kappa shape index (κ1) is 18.2. The number of sulfonamides is 1. The maximum Gasteiger partial charge on any atom is 0.261 e. The molecule has 6 heteroatoms. The Labute approximate surface area is 154 Å².